The molecule has 0 aliphatic carbocycles. The summed E-state index contributed by atoms with van der Waals surface area (Å²) in [5.41, 5.74) is -0.248. The molecule has 35 heteroatoms. The van der Waals surface area contributed by atoms with Crippen LogP contribution in [0.1, 0.15) is 63.4 Å². The molecule has 5 aromatic rings. The summed E-state index contributed by atoms with van der Waals surface area (Å²) in [4.78, 5) is 100.0. The van der Waals surface area contributed by atoms with Crippen LogP contribution < -0.4 is 26.4 Å². The molecule has 4 N–H and O–H groups in total. The van der Waals surface area contributed by atoms with Crippen LogP contribution in [0.25, 0.3) is 22.3 Å². The Morgan fingerprint density at radius 2 is 1.58 bits per heavy atom. The number of aliphatic hydroxyl groups excluding tert-OH is 1. The zero-order chi connectivity index (χ0) is 62.3. The van der Waals surface area contributed by atoms with E-state index >= 15 is 4.39 Å². The number of aliphatic hydroxyl groups is 1. The zero-order valence-electron chi connectivity index (χ0n) is 49.1. The molecule has 0 spiro atoms. The number of hydrogen-bond donors (Lipinski definition) is 4. The van der Waals surface area contributed by atoms with Gasteiger partial charge in [0.25, 0.3) is 11.5 Å². The Morgan fingerprint density at radius 1 is 0.895 bits per heavy atom. The summed E-state index contributed by atoms with van der Waals surface area (Å²) in [6.07, 6.45) is -6.82. The van der Waals surface area contributed by atoms with E-state index < -0.39 is 128 Å². The summed E-state index contributed by atoms with van der Waals surface area (Å²) >= 11 is 6.26. The van der Waals surface area contributed by atoms with Crippen molar-refractivity contribution < 1.29 is 79.6 Å². The predicted octanol–water partition coefficient (Wildman–Crippen LogP) is 4.41. The maximum absolute atomic E-state index is 16.9. The van der Waals surface area contributed by atoms with E-state index in [1.807, 2.05) is 33.9 Å². The van der Waals surface area contributed by atoms with Gasteiger partial charge in [-0.15, -0.1) is 4.52 Å². The Labute approximate surface area is 502 Å². The molecular formula is C51H73FN12O17P2SSi2. The molecule has 8 rings (SSSR count). The average molecular weight is 1300 g/mol. The molecule has 1 aromatic carbocycles. The van der Waals surface area contributed by atoms with Gasteiger partial charge in [0.2, 0.25) is 11.8 Å². The van der Waals surface area contributed by atoms with E-state index in [0.29, 0.717) is 24.9 Å². The third kappa shape index (κ3) is 16.2. The zero-order valence-corrected chi connectivity index (χ0v) is 53.7. The summed E-state index contributed by atoms with van der Waals surface area (Å²) in [7, 11) is -7.94. The van der Waals surface area contributed by atoms with Crippen molar-refractivity contribution in [2.75, 3.05) is 58.2 Å². The first kappa shape index (κ1) is 66.5. The molecule has 0 saturated carbocycles. The second-order valence-corrected chi connectivity index (χ2v) is 37.4. The topological polar surface area (TPSA) is 347 Å². The SMILES string of the molecule is CC(=O)N1CCC[C@@H]1CO[P@@](=S)(OC[C@H]1O[C@@H](n2cnc3c(NC(=O)c4ccccc4)ncnc32)[C@H](F)[C@@H]1O[P+](=O)[O-])O[C@@H]1[C@H](O[Si](C)(C)C(C)(C)C)[C@@H](CO)O[C@H]1n1cnc2c(=O)n(CCOCNC(=O)CNC(=O)OCC[Si](C)(C)C)cnc21. The second-order valence-electron chi connectivity index (χ2n) is 23.4. The van der Waals surface area contributed by atoms with Gasteiger partial charge in [-0.25, -0.2) is 34.1 Å². The third-order valence-corrected chi connectivity index (χ3v) is 24.0. The Hall–Kier alpha value is -5.49. The summed E-state index contributed by atoms with van der Waals surface area (Å²) in [5, 5.41) is 18.2. The Kier molecular flexibility index (Phi) is 21.9. The summed E-state index contributed by atoms with van der Waals surface area (Å²) in [6, 6.07) is 8.61. The van der Waals surface area contributed by atoms with Gasteiger partial charge >= 0.3 is 21.1 Å². The molecule has 1 unspecified atom stereocenters. The number of nitrogens with one attached hydrogen (secondary N) is 3. The fraction of sp³-hybridized carbons (Fsp3) is 0.608. The van der Waals surface area contributed by atoms with Crippen LogP contribution >= 0.6 is 15.0 Å². The largest absolute Gasteiger partial charge is 0.566 e. The first-order valence-electron chi connectivity index (χ1n) is 27.8. The number of likely N-dealkylation sites (tertiary alicyclic amines) is 1. The highest BCUT2D eigenvalue weighted by atomic mass is 32.5. The van der Waals surface area contributed by atoms with Gasteiger partial charge in [0.15, 0.2) is 61.2 Å². The van der Waals surface area contributed by atoms with Crippen molar-refractivity contribution in [3.8, 4) is 0 Å². The van der Waals surface area contributed by atoms with Crippen LogP contribution in [-0.2, 0) is 74.0 Å². The van der Waals surface area contributed by atoms with Crippen LogP contribution in [0.4, 0.5) is 15.0 Å². The molecular weight excluding hydrogens is 1220 g/mol. The van der Waals surface area contributed by atoms with Crippen molar-refractivity contribution >= 4 is 95.1 Å². The number of anilines is 1. The standard InChI is InChI=1S/C51H73FN12O17P2SSi2/c1-31(66)62-17-13-16-33(62)24-75-83(84,76-25-35-40(79-82(71)72)37(52)48(78-35)63-28-56-38-43(54-26-55-44(38)63)60-46(68)32-14-11-10-12-15-32)80-42-41(81-86(8,9)51(2,3)4)34(23-65)77-49(42)64-29-57-39-45(64)58-27-61(47(39)69)18-19-73-30-59-36(67)22-53-50(70)74-20-21-85(5,6)7/h10-12,14-15,26-29,33-35,37,40-42,48-49,65H,13,16-25,30H2,1-9H3,(H,53,70)(H,59,67)(H,54,55,60,68)/t33-,34-,35-,37-,40-,41-,42-,48-,49-,83-/m1/s1. The lowest BCUT2D eigenvalue weighted by Gasteiger charge is -2.41. The molecule has 0 bridgehead atoms. The number of imidazole rings is 2. The van der Waals surface area contributed by atoms with Crippen LogP contribution in [-0.4, -0.2) is 184 Å². The van der Waals surface area contributed by atoms with E-state index in [1.165, 1.54) is 39.6 Å². The lowest BCUT2D eigenvalue weighted by atomic mass is 10.1. The average Bonchev–Trinajstić information content (AvgIpc) is 1.69. The molecule has 0 radical (unpaired) electrons. The molecule has 4 amide bonds. The number of halogens is 1. The number of hydrogen-bond acceptors (Lipinski definition) is 23. The molecule has 3 saturated heterocycles. The van der Waals surface area contributed by atoms with Crippen molar-refractivity contribution in [1.29, 1.82) is 0 Å². The lowest BCUT2D eigenvalue weighted by Crippen LogP contribution is -2.50. The third-order valence-electron chi connectivity index (χ3n) is 15.1. The Bertz CT molecular complexity index is 3340. The van der Waals surface area contributed by atoms with E-state index in [4.69, 9.17) is 53.3 Å². The highest BCUT2D eigenvalue weighted by molar-refractivity contribution is 8.07. The van der Waals surface area contributed by atoms with Gasteiger partial charge in [-0.3, -0.25) is 37.4 Å². The fourth-order valence-corrected chi connectivity index (χ4v) is 14.0. The van der Waals surface area contributed by atoms with E-state index in [1.54, 1.807) is 35.2 Å². The first-order chi connectivity index (χ1) is 40.7. The minimum Gasteiger partial charge on any atom is -0.566 e. The van der Waals surface area contributed by atoms with Gasteiger partial charge in [0.05, 0.1) is 58.3 Å². The number of alkyl carbamates (subject to hydrolysis) is 1. The number of nitrogens with zero attached hydrogens (tertiary/aromatic N) is 9. The van der Waals surface area contributed by atoms with Crippen molar-refractivity contribution in [1.82, 2.24) is 54.2 Å². The maximum Gasteiger partial charge on any atom is 0.488 e. The number of ether oxygens (including phenoxy) is 4. The molecule has 7 heterocycles. The van der Waals surface area contributed by atoms with E-state index in [2.05, 4.69) is 60.5 Å². The molecule has 470 valence electrons. The highest BCUT2D eigenvalue weighted by Crippen LogP contribution is 2.56. The number of benzene rings is 1. The van der Waals surface area contributed by atoms with Crippen molar-refractivity contribution in [3.63, 3.8) is 0 Å². The number of rotatable bonds is 27. The molecule has 86 heavy (non-hydrogen) atoms. The number of carbonyl (C=O) groups is 4. The van der Waals surface area contributed by atoms with Gasteiger partial charge < -0.3 is 63.3 Å². The Balaban J connectivity index is 1.04. The summed E-state index contributed by atoms with van der Waals surface area (Å²) < 4.78 is 88.6. The second kappa shape index (κ2) is 28.3. The van der Waals surface area contributed by atoms with E-state index in [9.17, 15) is 38.5 Å². The van der Waals surface area contributed by atoms with Crippen LogP contribution in [0.15, 0.2) is 60.4 Å². The number of carbonyl (C=O) groups excluding carboxylic acids is 4. The maximum atomic E-state index is 16.9. The van der Waals surface area contributed by atoms with Gasteiger partial charge in [0, 0.05) is 27.1 Å². The monoisotopic (exact) mass is 1290 g/mol. The molecule has 3 aliphatic rings. The van der Waals surface area contributed by atoms with Gasteiger partial charge in [-0.1, -0.05) is 58.6 Å². The van der Waals surface area contributed by atoms with Crippen LogP contribution in [0.3, 0.4) is 0 Å². The number of fused-ring (bicyclic) bond motifs is 2. The fourth-order valence-electron chi connectivity index (χ4n) is 9.41. The highest BCUT2D eigenvalue weighted by Gasteiger charge is 2.55. The number of alkyl halides is 1. The first-order valence-corrected chi connectivity index (χ1v) is 38.0. The molecule has 3 aliphatic heterocycles. The lowest BCUT2D eigenvalue weighted by molar-refractivity contribution is -0.192. The molecule has 11 atom stereocenters. The van der Waals surface area contributed by atoms with Crippen LogP contribution in [0, 0.1) is 0 Å². The van der Waals surface area contributed by atoms with Gasteiger partial charge in [-0.05, 0) is 65.5 Å². The van der Waals surface area contributed by atoms with Gasteiger partial charge in [0.1, 0.15) is 50.3 Å². The molecule has 29 nitrogen and oxygen atoms in total. The summed E-state index contributed by atoms with van der Waals surface area (Å²) in [6.45, 7) is 12.1. The number of amides is 4. The van der Waals surface area contributed by atoms with Crippen LogP contribution in [0.5, 0.6) is 0 Å². The predicted molar refractivity (Wildman–Crippen MR) is 314 cm³/mol. The van der Waals surface area contributed by atoms with Crippen LogP contribution in [0.2, 0.25) is 43.8 Å². The van der Waals surface area contributed by atoms with E-state index in [0.717, 1.165) is 12.4 Å². The number of aromatic nitrogens is 8. The quantitative estimate of drug-likeness (QED) is 0.0245. The van der Waals surface area contributed by atoms with Crippen molar-refractivity contribution in [2.24, 2.45) is 0 Å². The van der Waals surface area contributed by atoms with Crippen molar-refractivity contribution in [2.45, 2.75) is 146 Å². The molecule has 4 aromatic heterocycles. The van der Waals surface area contributed by atoms with Crippen molar-refractivity contribution in [3.05, 3.63) is 71.6 Å². The normalized spacial score (nSPS) is 23.6. The smallest absolute Gasteiger partial charge is 0.488 e. The van der Waals surface area contributed by atoms with Gasteiger partial charge in [-0.2, -0.15) is 0 Å². The Morgan fingerprint density at radius 3 is 2.27 bits per heavy atom. The molecule has 3 fully saturated rings. The van der Waals surface area contributed by atoms with E-state index in [-0.39, 0.29) is 73.7 Å². The minimum atomic E-state index is -4.32. The minimum absolute atomic E-state index is 0.00113. The summed E-state index contributed by atoms with van der Waals surface area (Å²) in [5.74, 6) is -1.25.